The molecule has 0 aliphatic carbocycles. The van der Waals surface area contributed by atoms with Crippen LogP contribution in [0.15, 0.2) is 42.5 Å². The fraction of sp³-hybridized carbons (Fsp3) is 0.370. The second-order valence-corrected chi connectivity index (χ2v) is 9.64. The first-order valence-corrected chi connectivity index (χ1v) is 12.5. The van der Waals surface area contributed by atoms with Crippen molar-refractivity contribution in [2.75, 3.05) is 36.9 Å². The molecule has 3 aliphatic rings. The van der Waals surface area contributed by atoms with Crippen molar-refractivity contribution in [1.29, 1.82) is 0 Å². The van der Waals surface area contributed by atoms with Gasteiger partial charge in [-0.15, -0.1) is 0 Å². The van der Waals surface area contributed by atoms with Gasteiger partial charge in [0.05, 0.1) is 11.1 Å². The molecule has 5 rings (SSSR count). The minimum atomic E-state index is -0.966. The third kappa shape index (κ3) is 4.78. The molecule has 0 bridgehead atoms. The van der Waals surface area contributed by atoms with E-state index in [1.54, 1.807) is 25.2 Å². The topological polar surface area (TPSA) is 128 Å². The number of hydrogen-bond acceptors (Lipinski definition) is 7. The SMILES string of the molecule is CNC(=O)c1ccc(N2CCC(CNc3ccc4c(c3)C(=O)N(C3CCC(=O)NC3=O)C4=O)CC2)cc1. The van der Waals surface area contributed by atoms with Crippen molar-refractivity contribution in [2.45, 2.75) is 31.7 Å². The van der Waals surface area contributed by atoms with Crippen molar-refractivity contribution in [3.05, 3.63) is 59.2 Å². The van der Waals surface area contributed by atoms with Gasteiger partial charge in [0.1, 0.15) is 6.04 Å². The number of piperidine rings is 2. The number of nitrogens with one attached hydrogen (secondary N) is 3. The largest absolute Gasteiger partial charge is 0.385 e. The summed E-state index contributed by atoms with van der Waals surface area (Å²) in [6.07, 6.45) is 2.22. The van der Waals surface area contributed by atoms with Crippen LogP contribution in [0.1, 0.15) is 56.8 Å². The van der Waals surface area contributed by atoms with Crippen LogP contribution in [0.2, 0.25) is 0 Å². The molecule has 2 aromatic rings. The molecule has 192 valence electrons. The minimum absolute atomic E-state index is 0.0940. The first-order chi connectivity index (χ1) is 17.9. The number of carbonyl (C=O) groups is 5. The standard InChI is InChI=1S/C27H29N5O5/c1-28-24(34)17-2-5-19(6-3-17)31-12-10-16(11-13-31)15-29-18-4-7-20-21(14-18)27(37)32(26(20)36)22-8-9-23(33)30-25(22)35/h2-7,14,16,22,29H,8-13,15H2,1H3,(H,28,34)(H,30,33,35). The number of benzene rings is 2. The second kappa shape index (κ2) is 10.0. The molecule has 1 atom stereocenters. The highest BCUT2D eigenvalue weighted by atomic mass is 16.2. The zero-order valence-corrected chi connectivity index (χ0v) is 20.6. The Labute approximate surface area is 214 Å². The molecular formula is C27H29N5O5. The number of imide groups is 2. The number of rotatable bonds is 6. The van der Waals surface area contributed by atoms with Crippen LogP contribution in [0, 0.1) is 5.92 Å². The van der Waals surface area contributed by atoms with Crippen molar-refractivity contribution < 1.29 is 24.0 Å². The van der Waals surface area contributed by atoms with E-state index in [0.717, 1.165) is 48.8 Å². The fourth-order valence-corrected chi connectivity index (χ4v) is 5.21. The quantitative estimate of drug-likeness (QED) is 0.513. The van der Waals surface area contributed by atoms with E-state index in [2.05, 4.69) is 20.9 Å². The van der Waals surface area contributed by atoms with Crippen LogP contribution in [0.3, 0.4) is 0 Å². The fourth-order valence-electron chi connectivity index (χ4n) is 5.21. The van der Waals surface area contributed by atoms with Crippen LogP contribution >= 0.6 is 0 Å². The molecule has 2 fully saturated rings. The van der Waals surface area contributed by atoms with Gasteiger partial charge in [-0.25, -0.2) is 0 Å². The lowest BCUT2D eigenvalue weighted by atomic mass is 9.96. The average Bonchev–Trinajstić information content (AvgIpc) is 3.16. The highest BCUT2D eigenvalue weighted by Crippen LogP contribution is 2.30. The van der Waals surface area contributed by atoms with Gasteiger partial charge in [-0.3, -0.25) is 34.2 Å². The minimum Gasteiger partial charge on any atom is -0.385 e. The Morgan fingerprint density at radius 2 is 1.65 bits per heavy atom. The molecular weight excluding hydrogens is 474 g/mol. The van der Waals surface area contributed by atoms with Crippen LogP contribution in [-0.4, -0.2) is 67.2 Å². The van der Waals surface area contributed by atoms with Gasteiger partial charge in [-0.2, -0.15) is 0 Å². The molecule has 2 saturated heterocycles. The summed E-state index contributed by atoms with van der Waals surface area (Å²) in [5.74, 6) is -1.66. The third-order valence-corrected chi connectivity index (χ3v) is 7.37. The lowest BCUT2D eigenvalue weighted by Crippen LogP contribution is -2.54. The Morgan fingerprint density at radius 1 is 0.946 bits per heavy atom. The van der Waals surface area contributed by atoms with E-state index in [9.17, 15) is 24.0 Å². The van der Waals surface area contributed by atoms with Gasteiger partial charge < -0.3 is 15.5 Å². The average molecular weight is 504 g/mol. The maximum atomic E-state index is 13.0. The van der Waals surface area contributed by atoms with Crippen LogP contribution in [0.5, 0.6) is 0 Å². The van der Waals surface area contributed by atoms with E-state index in [4.69, 9.17) is 0 Å². The highest BCUT2D eigenvalue weighted by Gasteiger charge is 2.44. The Kier molecular flexibility index (Phi) is 6.64. The van der Waals surface area contributed by atoms with Gasteiger partial charge in [-0.05, 0) is 67.6 Å². The Hall–Kier alpha value is -4.21. The highest BCUT2D eigenvalue weighted by molar-refractivity contribution is 6.23. The van der Waals surface area contributed by atoms with Gasteiger partial charge in [0.25, 0.3) is 17.7 Å². The van der Waals surface area contributed by atoms with Crippen molar-refractivity contribution in [3.63, 3.8) is 0 Å². The molecule has 10 nitrogen and oxygen atoms in total. The molecule has 2 aromatic carbocycles. The second-order valence-electron chi connectivity index (χ2n) is 9.64. The lowest BCUT2D eigenvalue weighted by Gasteiger charge is -2.34. The normalized spacial score (nSPS) is 20.1. The zero-order valence-electron chi connectivity index (χ0n) is 20.6. The van der Waals surface area contributed by atoms with Gasteiger partial charge in [-0.1, -0.05) is 0 Å². The molecule has 0 aromatic heterocycles. The van der Waals surface area contributed by atoms with Gasteiger partial charge in [0, 0.05) is 50.0 Å². The number of hydrogen-bond donors (Lipinski definition) is 3. The number of anilines is 2. The number of carbonyl (C=O) groups excluding carboxylic acids is 5. The summed E-state index contributed by atoms with van der Waals surface area (Å²) < 4.78 is 0. The first-order valence-electron chi connectivity index (χ1n) is 12.5. The van der Waals surface area contributed by atoms with E-state index < -0.39 is 29.7 Å². The summed E-state index contributed by atoms with van der Waals surface area (Å²) in [7, 11) is 1.62. The van der Waals surface area contributed by atoms with Crippen molar-refractivity contribution in [1.82, 2.24) is 15.5 Å². The van der Waals surface area contributed by atoms with Crippen LogP contribution in [0.4, 0.5) is 11.4 Å². The predicted molar refractivity (Wildman–Crippen MR) is 136 cm³/mol. The number of amides is 5. The van der Waals surface area contributed by atoms with Crippen molar-refractivity contribution in [2.24, 2.45) is 5.92 Å². The van der Waals surface area contributed by atoms with E-state index in [-0.39, 0.29) is 29.9 Å². The van der Waals surface area contributed by atoms with Crippen LogP contribution < -0.4 is 20.9 Å². The van der Waals surface area contributed by atoms with E-state index in [0.29, 0.717) is 11.5 Å². The van der Waals surface area contributed by atoms with Gasteiger partial charge in [0.2, 0.25) is 11.8 Å². The summed E-state index contributed by atoms with van der Waals surface area (Å²) in [5.41, 5.74) is 3.03. The summed E-state index contributed by atoms with van der Waals surface area (Å²) in [6, 6.07) is 11.7. The number of fused-ring (bicyclic) bond motifs is 1. The number of nitrogens with zero attached hydrogens (tertiary/aromatic N) is 2. The van der Waals surface area contributed by atoms with Crippen molar-refractivity contribution >= 4 is 40.9 Å². The molecule has 1 unspecified atom stereocenters. The van der Waals surface area contributed by atoms with E-state index in [1.165, 1.54) is 0 Å². The van der Waals surface area contributed by atoms with Crippen LogP contribution in [0.25, 0.3) is 0 Å². The van der Waals surface area contributed by atoms with E-state index >= 15 is 0 Å². The summed E-state index contributed by atoms with van der Waals surface area (Å²) in [5, 5.41) is 8.24. The van der Waals surface area contributed by atoms with Gasteiger partial charge >= 0.3 is 0 Å². The molecule has 3 heterocycles. The van der Waals surface area contributed by atoms with Crippen LogP contribution in [-0.2, 0) is 9.59 Å². The molecule has 5 amide bonds. The smallest absolute Gasteiger partial charge is 0.262 e. The Bertz CT molecular complexity index is 1270. The summed E-state index contributed by atoms with van der Waals surface area (Å²) in [4.78, 5) is 64.6. The van der Waals surface area contributed by atoms with Crippen molar-refractivity contribution in [3.8, 4) is 0 Å². The summed E-state index contributed by atoms with van der Waals surface area (Å²) >= 11 is 0. The molecule has 37 heavy (non-hydrogen) atoms. The molecule has 0 spiro atoms. The monoisotopic (exact) mass is 503 g/mol. The molecule has 0 saturated carbocycles. The Morgan fingerprint density at radius 3 is 2.32 bits per heavy atom. The van der Waals surface area contributed by atoms with Gasteiger partial charge in [0.15, 0.2) is 0 Å². The Balaban J connectivity index is 1.16. The third-order valence-electron chi connectivity index (χ3n) is 7.37. The maximum Gasteiger partial charge on any atom is 0.262 e. The maximum absolute atomic E-state index is 13.0. The molecule has 0 radical (unpaired) electrons. The summed E-state index contributed by atoms with van der Waals surface area (Å²) in [6.45, 7) is 2.55. The predicted octanol–water partition coefficient (Wildman–Crippen LogP) is 1.78. The zero-order chi connectivity index (χ0) is 26.1. The molecule has 3 N–H and O–H groups in total. The van der Waals surface area contributed by atoms with E-state index in [1.807, 2.05) is 24.3 Å². The first kappa shape index (κ1) is 24.5. The molecule has 10 heteroatoms. The molecule has 3 aliphatic heterocycles. The lowest BCUT2D eigenvalue weighted by molar-refractivity contribution is -0.136.